The predicted octanol–water partition coefficient (Wildman–Crippen LogP) is 0.239. The molecular weight excluding hydrogens is 344 g/mol. The zero-order valence-corrected chi connectivity index (χ0v) is 6.98. The molecule has 7 heteroatoms. The van der Waals surface area contributed by atoms with Crippen molar-refractivity contribution in [3.8, 4) is 0 Å². The number of hydrogen-bond donors (Lipinski definition) is 2. The maximum absolute atomic E-state index is 10.8. The molecule has 0 saturated carbocycles. The van der Waals surface area contributed by atoms with E-state index in [2.05, 4.69) is 0 Å². The number of halogens is 2. The molecule has 0 saturated heterocycles. The Bertz CT molecular complexity index is 283. The van der Waals surface area contributed by atoms with E-state index in [0.717, 1.165) is 0 Å². The van der Waals surface area contributed by atoms with Gasteiger partial charge in [-0.05, 0) is 0 Å². The van der Waals surface area contributed by atoms with Crippen LogP contribution in [-0.4, -0.2) is 70.7 Å². The van der Waals surface area contributed by atoms with Crippen LogP contribution in [0.15, 0.2) is 21.6 Å². The SMILES string of the molecule is O=C1C(O)=C(Cl)C(=O)C(O)=C1Cl.[BaH2]. The third-order valence-electron chi connectivity index (χ3n) is 1.24. The molecule has 1 aliphatic carbocycles. The molecule has 0 amide bonds. The number of carbonyl (C=O) groups excluding carboxylic acids is 2. The summed E-state index contributed by atoms with van der Waals surface area (Å²) in [7, 11) is 0. The van der Waals surface area contributed by atoms with Gasteiger partial charge < -0.3 is 10.2 Å². The monoisotopic (exact) mass is 348 g/mol. The number of ketones is 2. The summed E-state index contributed by atoms with van der Waals surface area (Å²) in [6.07, 6.45) is 0. The molecular formula is C6H4BaCl2O4. The minimum absolute atomic E-state index is 0. The molecule has 0 aliphatic heterocycles. The fraction of sp³-hybridized carbons (Fsp3) is 0. The molecule has 68 valence electrons. The third-order valence-corrected chi connectivity index (χ3v) is 1.95. The van der Waals surface area contributed by atoms with Gasteiger partial charge in [0, 0.05) is 0 Å². The Morgan fingerprint density at radius 2 is 1.08 bits per heavy atom. The summed E-state index contributed by atoms with van der Waals surface area (Å²) < 4.78 is 0. The van der Waals surface area contributed by atoms with E-state index in [4.69, 9.17) is 33.4 Å². The summed E-state index contributed by atoms with van der Waals surface area (Å²) >= 11 is 10.4. The summed E-state index contributed by atoms with van der Waals surface area (Å²) in [6, 6.07) is 0. The molecule has 13 heavy (non-hydrogen) atoms. The molecule has 0 aromatic carbocycles. The van der Waals surface area contributed by atoms with Crippen LogP contribution in [0.3, 0.4) is 0 Å². The van der Waals surface area contributed by atoms with Crippen molar-refractivity contribution in [1.82, 2.24) is 0 Å². The van der Waals surface area contributed by atoms with Crippen LogP contribution in [0.25, 0.3) is 0 Å². The van der Waals surface area contributed by atoms with Gasteiger partial charge in [0.15, 0.2) is 11.5 Å². The Hall–Kier alpha value is 0.571. The van der Waals surface area contributed by atoms with E-state index in [1.54, 1.807) is 0 Å². The van der Waals surface area contributed by atoms with Gasteiger partial charge in [-0.1, -0.05) is 23.2 Å². The van der Waals surface area contributed by atoms with Crippen molar-refractivity contribution in [3.05, 3.63) is 21.6 Å². The maximum atomic E-state index is 10.8. The molecule has 4 nitrogen and oxygen atoms in total. The second kappa shape index (κ2) is 4.88. The zero-order valence-electron chi connectivity index (χ0n) is 5.47. The Balaban J connectivity index is 0.00000144. The first-order valence-electron chi connectivity index (χ1n) is 2.73. The second-order valence-corrected chi connectivity index (χ2v) is 2.74. The molecule has 0 aromatic rings. The molecule has 0 fully saturated rings. The van der Waals surface area contributed by atoms with E-state index >= 15 is 0 Å². The van der Waals surface area contributed by atoms with Crippen LogP contribution in [0.2, 0.25) is 0 Å². The summed E-state index contributed by atoms with van der Waals surface area (Å²) in [4.78, 5) is 21.6. The molecule has 0 radical (unpaired) electrons. The quantitative estimate of drug-likeness (QED) is 0.486. The van der Waals surface area contributed by atoms with Gasteiger partial charge >= 0.3 is 48.9 Å². The van der Waals surface area contributed by atoms with Crippen LogP contribution in [0, 0.1) is 0 Å². The van der Waals surface area contributed by atoms with Gasteiger partial charge in [0.2, 0.25) is 11.6 Å². The summed E-state index contributed by atoms with van der Waals surface area (Å²) in [5.41, 5.74) is 0. The Morgan fingerprint density at radius 1 is 0.846 bits per heavy atom. The molecule has 0 atom stereocenters. The molecule has 0 bridgehead atoms. The second-order valence-electron chi connectivity index (χ2n) is 1.98. The van der Waals surface area contributed by atoms with Crippen LogP contribution in [0.5, 0.6) is 0 Å². The molecule has 1 rings (SSSR count). The summed E-state index contributed by atoms with van der Waals surface area (Å²) in [5.74, 6) is -3.99. The van der Waals surface area contributed by atoms with Crippen LogP contribution < -0.4 is 0 Å². The van der Waals surface area contributed by atoms with E-state index < -0.39 is 33.1 Å². The van der Waals surface area contributed by atoms with Gasteiger partial charge in [0.05, 0.1) is 0 Å². The van der Waals surface area contributed by atoms with Gasteiger partial charge in [-0.15, -0.1) is 0 Å². The van der Waals surface area contributed by atoms with Crippen LogP contribution in [0.1, 0.15) is 0 Å². The number of Topliss-reactive ketones (excluding diaryl/α,β-unsaturated/α-hetero) is 2. The number of carbonyl (C=O) groups is 2. The number of hydrogen-bond acceptors (Lipinski definition) is 4. The average molecular weight is 348 g/mol. The van der Waals surface area contributed by atoms with E-state index in [1.165, 1.54) is 0 Å². The fourth-order valence-corrected chi connectivity index (χ4v) is 0.973. The van der Waals surface area contributed by atoms with Crippen LogP contribution in [-0.2, 0) is 9.59 Å². The van der Waals surface area contributed by atoms with Gasteiger partial charge in [-0.2, -0.15) is 0 Å². The van der Waals surface area contributed by atoms with Crippen molar-refractivity contribution in [3.63, 3.8) is 0 Å². The molecule has 1 aliphatic rings. The van der Waals surface area contributed by atoms with Crippen molar-refractivity contribution in [1.29, 1.82) is 0 Å². The molecule has 0 unspecified atom stereocenters. The van der Waals surface area contributed by atoms with Gasteiger partial charge in [-0.3, -0.25) is 9.59 Å². The first-order chi connectivity index (χ1) is 5.46. The Morgan fingerprint density at radius 3 is 1.31 bits per heavy atom. The minimum atomic E-state index is -1.06. The number of aliphatic hydroxyl groups is 2. The average Bonchev–Trinajstić information content (AvgIpc) is 2.08. The van der Waals surface area contributed by atoms with Gasteiger partial charge in [0.1, 0.15) is 10.1 Å². The number of aliphatic hydroxyl groups excluding tert-OH is 2. The molecule has 2 N–H and O–H groups in total. The van der Waals surface area contributed by atoms with E-state index in [9.17, 15) is 9.59 Å². The normalized spacial score (nSPS) is 17.7. The van der Waals surface area contributed by atoms with E-state index in [0.29, 0.717) is 0 Å². The van der Waals surface area contributed by atoms with Crippen molar-refractivity contribution >= 4 is 83.6 Å². The van der Waals surface area contributed by atoms with Crippen molar-refractivity contribution in [2.75, 3.05) is 0 Å². The fourth-order valence-electron chi connectivity index (χ4n) is 0.622. The Kier molecular flexibility index (Phi) is 5.10. The summed E-state index contributed by atoms with van der Waals surface area (Å²) in [5, 5.41) is 16.3. The standard InChI is InChI=1S/C6H2Cl2O4.Ba.2H/c7-1-3(9)5(11)2(8)6(12)4(1)10;;;/h9,12H;;;. The van der Waals surface area contributed by atoms with E-state index in [1.807, 2.05) is 0 Å². The van der Waals surface area contributed by atoms with Gasteiger partial charge in [0.25, 0.3) is 0 Å². The number of allylic oxidation sites excluding steroid dienone is 2. The topological polar surface area (TPSA) is 74.6 Å². The van der Waals surface area contributed by atoms with Crippen LogP contribution >= 0.6 is 23.2 Å². The van der Waals surface area contributed by atoms with E-state index in [-0.39, 0.29) is 48.9 Å². The summed E-state index contributed by atoms with van der Waals surface area (Å²) in [6.45, 7) is 0. The van der Waals surface area contributed by atoms with Crippen molar-refractivity contribution in [2.24, 2.45) is 0 Å². The molecule has 0 aromatic heterocycles. The third kappa shape index (κ3) is 2.33. The molecule has 0 heterocycles. The zero-order chi connectivity index (χ0) is 9.46. The van der Waals surface area contributed by atoms with Gasteiger partial charge in [-0.25, -0.2) is 0 Å². The van der Waals surface area contributed by atoms with Crippen molar-refractivity contribution in [2.45, 2.75) is 0 Å². The predicted molar refractivity (Wildman–Crippen MR) is 49.6 cm³/mol. The first kappa shape index (κ1) is 13.6. The van der Waals surface area contributed by atoms with Crippen molar-refractivity contribution < 1.29 is 19.8 Å². The van der Waals surface area contributed by atoms with Crippen LogP contribution in [0.4, 0.5) is 0 Å². The molecule has 0 spiro atoms. The Labute approximate surface area is 123 Å². The number of rotatable bonds is 0. The first-order valence-corrected chi connectivity index (χ1v) is 3.49.